The van der Waals surface area contributed by atoms with Crippen LogP contribution in [0.4, 0.5) is 0 Å². The van der Waals surface area contributed by atoms with Gasteiger partial charge in [-0.05, 0) is 38.2 Å². The predicted molar refractivity (Wildman–Crippen MR) is 107 cm³/mol. The Labute approximate surface area is 157 Å². The van der Waals surface area contributed by atoms with E-state index in [1.54, 1.807) is 0 Å². The Hall–Kier alpha value is -2.20. The van der Waals surface area contributed by atoms with Gasteiger partial charge in [-0.3, -0.25) is 0 Å². The van der Waals surface area contributed by atoms with E-state index in [0.29, 0.717) is 11.9 Å². The summed E-state index contributed by atoms with van der Waals surface area (Å²) in [5, 5.41) is 9.24. The largest absolute Gasteiger partial charge is 0.505 e. The van der Waals surface area contributed by atoms with Gasteiger partial charge in [-0.2, -0.15) is 0 Å². The molecule has 1 N–H and O–H groups in total. The molecule has 4 heteroatoms. The fourth-order valence-electron chi connectivity index (χ4n) is 2.68. The molecule has 0 aliphatic carbocycles. The molecule has 2 aromatic rings. The van der Waals surface area contributed by atoms with Crippen LogP contribution in [0.5, 0.6) is 5.75 Å². The lowest BCUT2D eigenvalue weighted by Gasteiger charge is -2.11. The fourth-order valence-corrected chi connectivity index (χ4v) is 2.68. The maximum atomic E-state index is 9.24. The van der Waals surface area contributed by atoms with Crippen LogP contribution in [-0.2, 0) is 4.74 Å². The van der Waals surface area contributed by atoms with Crippen LogP contribution in [0.1, 0.15) is 57.9 Å². The van der Waals surface area contributed by atoms with Crippen molar-refractivity contribution in [3.8, 4) is 17.1 Å². The second kappa shape index (κ2) is 11.4. The van der Waals surface area contributed by atoms with Crippen molar-refractivity contribution in [3.05, 3.63) is 48.3 Å². The lowest BCUT2D eigenvalue weighted by molar-refractivity contribution is 0.0566. The molecule has 1 aromatic heterocycles. The second-order valence-corrected chi connectivity index (χ2v) is 6.61. The van der Waals surface area contributed by atoms with Gasteiger partial charge in [0, 0.05) is 12.2 Å². The molecule has 0 radical (unpaired) electrons. The van der Waals surface area contributed by atoms with Crippen LogP contribution in [0.2, 0.25) is 0 Å². The third-order valence-electron chi connectivity index (χ3n) is 4.25. The normalized spacial score (nSPS) is 12.5. The molecular weight excluding hydrogens is 324 g/mol. The van der Waals surface area contributed by atoms with Crippen molar-refractivity contribution in [1.82, 2.24) is 9.97 Å². The third-order valence-corrected chi connectivity index (χ3v) is 4.25. The molecular formula is C22H30N2O2. The van der Waals surface area contributed by atoms with Gasteiger partial charge in [0.15, 0.2) is 11.6 Å². The van der Waals surface area contributed by atoms with Crippen molar-refractivity contribution in [1.29, 1.82) is 0 Å². The molecule has 140 valence electrons. The summed E-state index contributed by atoms with van der Waals surface area (Å²) >= 11 is 0. The van der Waals surface area contributed by atoms with Gasteiger partial charge in [0.2, 0.25) is 0 Å². The average molecular weight is 354 g/mol. The molecule has 0 spiro atoms. The minimum atomic E-state index is 0.0778. The molecule has 4 nitrogen and oxygen atoms in total. The monoisotopic (exact) mass is 354 g/mol. The number of benzene rings is 1. The van der Waals surface area contributed by atoms with Crippen molar-refractivity contribution in [2.75, 3.05) is 6.61 Å². The Morgan fingerprint density at radius 2 is 1.81 bits per heavy atom. The standard InChI is InChI=1S/C22H30N2O2/c1-3-4-8-15-26-18(2)9-6-5-7-10-19-11-13-20(14-12-19)22-23-16-21(25)17-24-22/h7,10-14,16-18,25H,3-6,8-9,15H2,1-2H3/b10-7+. The summed E-state index contributed by atoms with van der Waals surface area (Å²) in [6.07, 6.45) is 14.5. The molecule has 1 atom stereocenters. The van der Waals surface area contributed by atoms with E-state index in [4.69, 9.17) is 4.74 Å². The van der Waals surface area contributed by atoms with Crippen LogP contribution in [0.15, 0.2) is 42.7 Å². The Morgan fingerprint density at radius 3 is 2.50 bits per heavy atom. The van der Waals surface area contributed by atoms with Crippen LogP contribution in [0.25, 0.3) is 17.5 Å². The first-order chi connectivity index (χ1) is 12.7. The van der Waals surface area contributed by atoms with E-state index < -0.39 is 0 Å². The summed E-state index contributed by atoms with van der Waals surface area (Å²) in [5.74, 6) is 0.695. The summed E-state index contributed by atoms with van der Waals surface area (Å²) in [5.41, 5.74) is 2.10. The lowest BCUT2D eigenvalue weighted by atomic mass is 10.1. The molecule has 0 fully saturated rings. The van der Waals surface area contributed by atoms with E-state index in [1.807, 2.05) is 12.1 Å². The van der Waals surface area contributed by atoms with Gasteiger partial charge in [0.25, 0.3) is 0 Å². The van der Waals surface area contributed by atoms with Gasteiger partial charge in [0.05, 0.1) is 18.5 Å². The number of aromatic hydroxyl groups is 1. The van der Waals surface area contributed by atoms with Gasteiger partial charge in [-0.15, -0.1) is 0 Å². The van der Waals surface area contributed by atoms with Gasteiger partial charge >= 0.3 is 0 Å². The first-order valence-corrected chi connectivity index (χ1v) is 9.58. The highest BCUT2D eigenvalue weighted by Gasteiger charge is 2.02. The van der Waals surface area contributed by atoms with E-state index in [9.17, 15) is 5.11 Å². The second-order valence-electron chi connectivity index (χ2n) is 6.61. The lowest BCUT2D eigenvalue weighted by Crippen LogP contribution is -2.08. The van der Waals surface area contributed by atoms with Crippen molar-refractivity contribution >= 4 is 6.08 Å². The molecule has 0 saturated carbocycles. The first kappa shape index (κ1) is 20.1. The number of hydrogen-bond donors (Lipinski definition) is 1. The summed E-state index contributed by atoms with van der Waals surface area (Å²) in [6.45, 7) is 5.27. The number of nitrogens with zero attached hydrogens (tertiary/aromatic N) is 2. The van der Waals surface area contributed by atoms with E-state index >= 15 is 0 Å². The maximum absolute atomic E-state index is 9.24. The number of unbranched alkanes of at least 4 members (excludes halogenated alkanes) is 3. The molecule has 0 aliphatic rings. The molecule has 0 aliphatic heterocycles. The molecule has 0 saturated heterocycles. The predicted octanol–water partition coefficient (Wildman–Crippen LogP) is 5.63. The SMILES string of the molecule is CCCCCOC(C)CCC/C=C/c1ccc(-c2ncc(O)cn2)cc1. The summed E-state index contributed by atoms with van der Waals surface area (Å²) in [4.78, 5) is 8.24. The zero-order chi connectivity index (χ0) is 18.6. The maximum Gasteiger partial charge on any atom is 0.159 e. The third kappa shape index (κ3) is 7.36. The summed E-state index contributed by atoms with van der Waals surface area (Å²) in [6, 6.07) is 8.11. The summed E-state index contributed by atoms with van der Waals surface area (Å²) < 4.78 is 5.82. The topological polar surface area (TPSA) is 55.2 Å². The van der Waals surface area contributed by atoms with Crippen LogP contribution in [0, 0.1) is 0 Å². The Balaban J connectivity index is 1.69. The number of hydrogen-bond acceptors (Lipinski definition) is 4. The quantitative estimate of drug-likeness (QED) is 0.531. The average Bonchev–Trinajstić information content (AvgIpc) is 2.66. The molecule has 0 amide bonds. The minimum Gasteiger partial charge on any atom is -0.505 e. The van der Waals surface area contributed by atoms with Crippen molar-refractivity contribution in [2.45, 2.75) is 58.5 Å². The highest BCUT2D eigenvalue weighted by atomic mass is 16.5. The van der Waals surface area contributed by atoms with Crippen molar-refractivity contribution in [2.24, 2.45) is 0 Å². The zero-order valence-electron chi connectivity index (χ0n) is 15.9. The summed E-state index contributed by atoms with van der Waals surface area (Å²) in [7, 11) is 0. The van der Waals surface area contributed by atoms with E-state index in [1.165, 1.54) is 31.7 Å². The fraction of sp³-hybridized carbons (Fsp3) is 0.455. The molecule has 1 unspecified atom stereocenters. The van der Waals surface area contributed by atoms with Crippen LogP contribution >= 0.6 is 0 Å². The number of aromatic nitrogens is 2. The Morgan fingerprint density at radius 1 is 1.08 bits per heavy atom. The molecule has 2 rings (SSSR count). The van der Waals surface area contributed by atoms with E-state index in [0.717, 1.165) is 37.0 Å². The van der Waals surface area contributed by atoms with Gasteiger partial charge in [-0.25, -0.2) is 9.97 Å². The van der Waals surface area contributed by atoms with Gasteiger partial charge in [-0.1, -0.05) is 56.2 Å². The smallest absolute Gasteiger partial charge is 0.159 e. The molecule has 26 heavy (non-hydrogen) atoms. The molecule has 0 bridgehead atoms. The Bertz CT molecular complexity index is 651. The van der Waals surface area contributed by atoms with E-state index in [2.05, 4.69) is 48.1 Å². The van der Waals surface area contributed by atoms with Crippen LogP contribution in [0.3, 0.4) is 0 Å². The van der Waals surface area contributed by atoms with E-state index in [-0.39, 0.29) is 5.75 Å². The number of allylic oxidation sites excluding steroid dienone is 1. The van der Waals surface area contributed by atoms with Crippen LogP contribution < -0.4 is 0 Å². The molecule has 1 heterocycles. The number of rotatable bonds is 11. The van der Waals surface area contributed by atoms with Crippen LogP contribution in [-0.4, -0.2) is 27.8 Å². The van der Waals surface area contributed by atoms with Crippen molar-refractivity contribution in [3.63, 3.8) is 0 Å². The Kier molecular flexibility index (Phi) is 8.84. The van der Waals surface area contributed by atoms with Crippen molar-refractivity contribution < 1.29 is 9.84 Å². The van der Waals surface area contributed by atoms with Gasteiger partial charge < -0.3 is 9.84 Å². The first-order valence-electron chi connectivity index (χ1n) is 9.58. The minimum absolute atomic E-state index is 0.0778. The molecule has 1 aromatic carbocycles. The van der Waals surface area contributed by atoms with Gasteiger partial charge in [0.1, 0.15) is 0 Å². The zero-order valence-corrected chi connectivity index (χ0v) is 15.9. The highest BCUT2D eigenvalue weighted by molar-refractivity contribution is 5.59. The number of ether oxygens (including phenoxy) is 1. The highest BCUT2D eigenvalue weighted by Crippen LogP contribution is 2.17.